The largest absolute Gasteiger partial charge is 0.508 e. The van der Waals surface area contributed by atoms with E-state index in [0.29, 0.717) is 12.2 Å². The Kier molecular flexibility index (Phi) is 5.60. The third-order valence-corrected chi connectivity index (χ3v) is 3.66. The number of phenols is 1. The number of alkyl carbamates (subject to hydrolysis) is 1. The average molecular weight is 291 g/mol. The summed E-state index contributed by atoms with van der Waals surface area (Å²) in [6.07, 6.45) is 6.39. The minimum absolute atomic E-state index is 0.302. The van der Waals surface area contributed by atoms with Crippen LogP contribution in [0.2, 0.25) is 0 Å². The second kappa shape index (κ2) is 7.67. The van der Waals surface area contributed by atoms with Crippen LogP contribution in [0.1, 0.15) is 44.1 Å². The molecule has 1 aliphatic rings. The van der Waals surface area contributed by atoms with E-state index in [2.05, 4.69) is 10.1 Å². The first-order valence-electron chi connectivity index (χ1n) is 7.45. The molecule has 5 heteroatoms. The van der Waals surface area contributed by atoms with E-state index < -0.39 is 18.1 Å². The minimum atomic E-state index is -0.626. The SMILES string of the molecule is O=C1NC(CCCCCCCc2ccc(O)cc2)C(=O)O1. The summed E-state index contributed by atoms with van der Waals surface area (Å²) in [5.74, 6) is -0.149. The van der Waals surface area contributed by atoms with Gasteiger partial charge in [-0.25, -0.2) is 9.59 Å². The number of ether oxygens (including phenoxy) is 1. The molecule has 1 aromatic rings. The van der Waals surface area contributed by atoms with Crippen LogP contribution in [0.4, 0.5) is 4.79 Å². The summed E-state index contributed by atoms with van der Waals surface area (Å²) in [5, 5.41) is 11.7. The highest BCUT2D eigenvalue weighted by Gasteiger charge is 2.31. The van der Waals surface area contributed by atoms with Gasteiger partial charge in [-0.15, -0.1) is 0 Å². The Hall–Kier alpha value is -2.04. The number of cyclic esters (lactones) is 2. The van der Waals surface area contributed by atoms with E-state index in [1.54, 1.807) is 12.1 Å². The summed E-state index contributed by atoms with van der Waals surface area (Å²) in [6.45, 7) is 0. The molecular weight excluding hydrogens is 270 g/mol. The topological polar surface area (TPSA) is 75.6 Å². The van der Waals surface area contributed by atoms with Crippen LogP contribution in [0.25, 0.3) is 0 Å². The number of unbranched alkanes of at least 4 members (excludes halogenated alkanes) is 4. The molecule has 1 atom stereocenters. The normalized spacial score (nSPS) is 17.6. The van der Waals surface area contributed by atoms with E-state index in [0.717, 1.165) is 38.5 Å². The quantitative estimate of drug-likeness (QED) is 0.438. The van der Waals surface area contributed by atoms with Crippen molar-refractivity contribution in [2.75, 3.05) is 0 Å². The maximum Gasteiger partial charge on any atom is 0.415 e. The predicted molar refractivity (Wildman–Crippen MR) is 77.9 cm³/mol. The molecule has 0 bridgehead atoms. The molecule has 1 aliphatic heterocycles. The molecule has 0 spiro atoms. The van der Waals surface area contributed by atoms with Gasteiger partial charge in [0.15, 0.2) is 0 Å². The van der Waals surface area contributed by atoms with Gasteiger partial charge in [0, 0.05) is 0 Å². The summed E-state index contributed by atoms with van der Waals surface area (Å²) in [5.41, 5.74) is 1.24. The Morgan fingerprint density at radius 1 is 1.00 bits per heavy atom. The van der Waals surface area contributed by atoms with Crippen LogP contribution in [0, 0.1) is 0 Å². The Bertz CT molecular complexity index is 484. The number of benzene rings is 1. The van der Waals surface area contributed by atoms with Crippen LogP contribution < -0.4 is 5.32 Å². The van der Waals surface area contributed by atoms with Gasteiger partial charge in [-0.3, -0.25) is 0 Å². The Morgan fingerprint density at radius 2 is 1.67 bits per heavy atom. The summed E-state index contributed by atoms with van der Waals surface area (Å²) < 4.78 is 4.42. The zero-order chi connectivity index (χ0) is 15.1. The number of phenolic OH excluding ortho intramolecular Hbond substituents is 1. The number of nitrogens with one attached hydrogen (secondary N) is 1. The van der Waals surface area contributed by atoms with Crippen LogP contribution in [-0.4, -0.2) is 23.2 Å². The molecule has 0 aliphatic carbocycles. The molecular formula is C16H21NO4. The minimum Gasteiger partial charge on any atom is -0.508 e. The maximum atomic E-state index is 11.2. The van der Waals surface area contributed by atoms with Crippen LogP contribution in [0.3, 0.4) is 0 Å². The lowest BCUT2D eigenvalue weighted by molar-refractivity contribution is -0.135. The molecule has 0 saturated carbocycles. The van der Waals surface area contributed by atoms with Crippen LogP contribution in [-0.2, 0) is 16.0 Å². The molecule has 1 amide bonds. The van der Waals surface area contributed by atoms with E-state index in [-0.39, 0.29) is 0 Å². The number of aryl methyl sites for hydroxylation is 1. The number of esters is 1. The van der Waals surface area contributed by atoms with Crippen molar-refractivity contribution in [1.29, 1.82) is 0 Å². The summed E-state index contributed by atoms with van der Waals surface area (Å²) >= 11 is 0. The molecule has 2 N–H and O–H groups in total. The Morgan fingerprint density at radius 3 is 2.33 bits per heavy atom. The van der Waals surface area contributed by atoms with Gasteiger partial charge >= 0.3 is 12.1 Å². The molecule has 1 saturated heterocycles. The van der Waals surface area contributed by atoms with Gasteiger partial charge in [0.05, 0.1) is 0 Å². The van der Waals surface area contributed by atoms with Gasteiger partial charge < -0.3 is 15.2 Å². The highest BCUT2D eigenvalue weighted by atomic mass is 16.6. The highest BCUT2D eigenvalue weighted by Crippen LogP contribution is 2.15. The molecule has 1 heterocycles. The van der Waals surface area contributed by atoms with Crippen LogP contribution in [0.15, 0.2) is 24.3 Å². The molecule has 21 heavy (non-hydrogen) atoms. The molecule has 1 unspecified atom stereocenters. The standard InChI is InChI=1S/C16H21NO4/c18-13-10-8-12(9-11-13)6-4-2-1-3-5-7-14-15(19)21-16(20)17-14/h8-11,14,18H,1-7H2,(H,17,20). The number of hydrogen-bond donors (Lipinski definition) is 2. The first kappa shape index (κ1) is 15.4. The molecule has 1 aromatic carbocycles. The van der Waals surface area contributed by atoms with Gasteiger partial charge in [0.25, 0.3) is 0 Å². The van der Waals surface area contributed by atoms with E-state index in [1.807, 2.05) is 12.1 Å². The van der Waals surface area contributed by atoms with Crippen LogP contribution >= 0.6 is 0 Å². The van der Waals surface area contributed by atoms with Crippen molar-refractivity contribution in [2.45, 2.75) is 51.0 Å². The fourth-order valence-corrected chi connectivity index (χ4v) is 2.45. The number of hydrogen-bond acceptors (Lipinski definition) is 4. The lowest BCUT2D eigenvalue weighted by atomic mass is 10.0. The van der Waals surface area contributed by atoms with Gasteiger partial charge in [-0.2, -0.15) is 0 Å². The summed E-state index contributed by atoms with van der Waals surface area (Å²) in [7, 11) is 0. The van der Waals surface area contributed by atoms with Gasteiger partial charge in [0.1, 0.15) is 11.8 Å². The van der Waals surface area contributed by atoms with E-state index in [9.17, 15) is 14.7 Å². The van der Waals surface area contributed by atoms with E-state index in [1.165, 1.54) is 5.56 Å². The summed E-state index contributed by atoms with van der Waals surface area (Å²) in [4.78, 5) is 22.0. The zero-order valence-electron chi connectivity index (χ0n) is 12.0. The molecule has 1 fully saturated rings. The van der Waals surface area contributed by atoms with E-state index in [4.69, 9.17) is 0 Å². The average Bonchev–Trinajstić information content (AvgIpc) is 2.78. The fraction of sp³-hybridized carbons (Fsp3) is 0.500. The number of carbonyl (C=O) groups is 2. The van der Waals surface area contributed by atoms with Gasteiger partial charge in [-0.05, 0) is 37.0 Å². The molecule has 0 radical (unpaired) electrons. The number of aromatic hydroxyl groups is 1. The van der Waals surface area contributed by atoms with Crippen molar-refractivity contribution in [3.63, 3.8) is 0 Å². The van der Waals surface area contributed by atoms with Crippen molar-refractivity contribution in [3.8, 4) is 5.75 Å². The lowest BCUT2D eigenvalue weighted by Gasteiger charge is -2.05. The number of rotatable bonds is 8. The fourth-order valence-electron chi connectivity index (χ4n) is 2.45. The number of carbonyl (C=O) groups excluding carboxylic acids is 2. The Balaban J connectivity index is 1.49. The third-order valence-electron chi connectivity index (χ3n) is 3.66. The van der Waals surface area contributed by atoms with E-state index >= 15 is 0 Å². The molecule has 2 rings (SSSR count). The van der Waals surface area contributed by atoms with Crippen molar-refractivity contribution in [3.05, 3.63) is 29.8 Å². The van der Waals surface area contributed by atoms with Crippen molar-refractivity contribution >= 4 is 12.1 Å². The second-order valence-corrected chi connectivity index (χ2v) is 5.38. The zero-order valence-corrected chi connectivity index (χ0v) is 12.0. The monoisotopic (exact) mass is 291 g/mol. The molecule has 114 valence electrons. The number of amides is 1. The third kappa shape index (κ3) is 5.10. The van der Waals surface area contributed by atoms with Crippen molar-refractivity contribution in [1.82, 2.24) is 5.32 Å². The maximum absolute atomic E-state index is 11.2. The van der Waals surface area contributed by atoms with Crippen molar-refractivity contribution < 1.29 is 19.4 Å². The van der Waals surface area contributed by atoms with Gasteiger partial charge in [0.2, 0.25) is 0 Å². The van der Waals surface area contributed by atoms with Crippen molar-refractivity contribution in [2.24, 2.45) is 0 Å². The second-order valence-electron chi connectivity index (χ2n) is 5.38. The molecule has 5 nitrogen and oxygen atoms in total. The Labute approximate surface area is 124 Å². The first-order chi connectivity index (χ1) is 10.1. The smallest absolute Gasteiger partial charge is 0.415 e. The lowest BCUT2D eigenvalue weighted by Crippen LogP contribution is -2.28. The first-order valence-corrected chi connectivity index (χ1v) is 7.45. The molecule has 0 aromatic heterocycles. The summed E-state index contributed by atoms with van der Waals surface area (Å²) in [6, 6.07) is 6.87. The van der Waals surface area contributed by atoms with Crippen LogP contribution in [0.5, 0.6) is 5.75 Å². The van der Waals surface area contributed by atoms with Gasteiger partial charge in [-0.1, -0.05) is 37.8 Å². The predicted octanol–water partition coefficient (Wildman–Crippen LogP) is 2.91. The highest BCUT2D eigenvalue weighted by molar-refractivity contribution is 5.95.